The van der Waals surface area contributed by atoms with Crippen LogP contribution in [0.5, 0.6) is 0 Å². The van der Waals surface area contributed by atoms with Gasteiger partial charge in [-0.05, 0) is 0 Å². The van der Waals surface area contributed by atoms with Crippen LogP contribution in [0.3, 0.4) is 0 Å². The Kier molecular flexibility index (Phi) is 1.09. The summed E-state index contributed by atoms with van der Waals surface area (Å²) >= 11 is 1.52. The summed E-state index contributed by atoms with van der Waals surface area (Å²) in [6, 6.07) is 0. The molecule has 2 heterocycles. The number of carbonyl (C=O) groups is 1. The van der Waals surface area contributed by atoms with E-state index in [9.17, 15) is 4.79 Å². The van der Waals surface area contributed by atoms with Gasteiger partial charge >= 0.3 is 5.97 Å². The molecule has 2 fully saturated rings. The molecule has 0 aliphatic carbocycles. The largest absolute Gasteiger partial charge is 0.479 e. The lowest BCUT2D eigenvalue weighted by atomic mass is 9.86. The number of thioether (sulfide) groups is 1. The van der Waals surface area contributed by atoms with Crippen LogP contribution in [-0.2, 0) is 4.79 Å². The van der Waals surface area contributed by atoms with Crippen LogP contribution in [0.25, 0.3) is 0 Å². The van der Waals surface area contributed by atoms with Crippen molar-refractivity contribution in [2.75, 3.05) is 6.54 Å². The smallest absolute Gasteiger partial charge is 0.334 e. The van der Waals surface area contributed by atoms with E-state index >= 15 is 0 Å². The van der Waals surface area contributed by atoms with Gasteiger partial charge in [-0.2, -0.15) is 0 Å². The number of carboxylic acids is 1. The van der Waals surface area contributed by atoms with Gasteiger partial charge in [0.15, 0.2) is 4.87 Å². The van der Waals surface area contributed by atoms with E-state index in [4.69, 9.17) is 5.11 Å². The van der Waals surface area contributed by atoms with Gasteiger partial charge in [-0.25, -0.2) is 4.79 Å². The lowest BCUT2D eigenvalue weighted by Crippen LogP contribution is -2.76. The molecule has 56 valence electrons. The second-order valence-corrected chi connectivity index (χ2v) is 4.47. The molecule has 0 radical (unpaired) electrons. The van der Waals surface area contributed by atoms with E-state index in [0.29, 0.717) is 11.2 Å². The molecule has 0 spiro atoms. The molecule has 0 aromatic rings. The van der Waals surface area contributed by atoms with Gasteiger partial charge in [0, 0.05) is 17.7 Å². The highest BCUT2D eigenvalue weighted by Gasteiger charge is 2.64. The minimum absolute atomic E-state index is 0.370. The monoisotopic (exact) mass is 159 g/mol. The Morgan fingerprint density at radius 1 is 1.90 bits per heavy atom. The fourth-order valence-electron chi connectivity index (χ4n) is 1.62. The van der Waals surface area contributed by atoms with Gasteiger partial charge in [0.2, 0.25) is 0 Å². The highest BCUT2D eigenvalue weighted by Crippen LogP contribution is 2.55. The fourth-order valence-corrected chi connectivity index (χ4v) is 3.17. The van der Waals surface area contributed by atoms with E-state index in [1.807, 2.05) is 0 Å². The summed E-state index contributed by atoms with van der Waals surface area (Å²) in [5.74, 6) is -0.332. The summed E-state index contributed by atoms with van der Waals surface area (Å²) in [5.41, 5.74) is 0. The SMILES string of the molecule is C[C@H]1SC2(C(=O)O)NCC12. The molecule has 2 rings (SSSR count). The quantitative estimate of drug-likeness (QED) is 0.570. The van der Waals surface area contributed by atoms with Crippen LogP contribution in [0.4, 0.5) is 0 Å². The van der Waals surface area contributed by atoms with Crippen LogP contribution in [0.15, 0.2) is 0 Å². The van der Waals surface area contributed by atoms with Gasteiger partial charge < -0.3 is 5.11 Å². The minimum Gasteiger partial charge on any atom is -0.479 e. The molecule has 2 saturated heterocycles. The molecule has 2 aliphatic rings. The topological polar surface area (TPSA) is 49.3 Å². The van der Waals surface area contributed by atoms with Crippen molar-refractivity contribution in [2.24, 2.45) is 5.92 Å². The lowest BCUT2D eigenvalue weighted by Gasteiger charge is -2.58. The van der Waals surface area contributed by atoms with E-state index in [-0.39, 0.29) is 0 Å². The predicted octanol–water partition coefficient (Wildman–Crippen LogP) is 0.122. The Balaban J connectivity index is 2.14. The first-order valence-electron chi connectivity index (χ1n) is 3.33. The first-order chi connectivity index (χ1) is 4.67. The van der Waals surface area contributed by atoms with Crippen molar-refractivity contribution in [3.63, 3.8) is 0 Å². The molecular weight excluding hydrogens is 150 g/mol. The molecule has 0 aromatic carbocycles. The zero-order chi connectivity index (χ0) is 7.35. The maximum Gasteiger partial charge on any atom is 0.334 e. The zero-order valence-electron chi connectivity index (χ0n) is 5.63. The van der Waals surface area contributed by atoms with Crippen LogP contribution in [0.2, 0.25) is 0 Å². The summed E-state index contributed by atoms with van der Waals surface area (Å²) in [6.45, 7) is 2.96. The van der Waals surface area contributed by atoms with Crippen LogP contribution >= 0.6 is 11.8 Å². The van der Waals surface area contributed by atoms with Crippen molar-refractivity contribution in [3.05, 3.63) is 0 Å². The third kappa shape index (κ3) is 0.499. The predicted molar refractivity (Wildman–Crippen MR) is 38.9 cm³/mol. The number of hydrogen-bond acceptors (Lipinski definition) is 3. The molecule has 0 bridgehead atoms. The first kappa shape index (κ1) is 6.49. The van der Waals surface area contributed by atoms with Crippen molar-refractivity contribution in [3.8, 4) is 0 Å². The van der Waals surface area contributed by atoms with Gasteiger partial charge in [0.1, 0.15) is 0 Å². The van der Waals surface area contributed by atoms with Crippen molar-refractivity contribution < 1.29 is 9.90 Å². The van der Waals surface area contributed by atoms with E-state index < -0.39 is 10.8 Å². The molecule has 2 unspecified atom stereocenters. The second-order valence-electron chi connectivity index (χ2n) is 2.85. The molecule has 0 saturated carbocycles. The second kappa shape index (κ2) is 1.68. The normalized spacial score (nSPS) is 50.5. The molecule has 10 heavy (non-hydrogen) atoms. The summed E-state index contributed by atoms with van der Waals surface area (Å²) in [4.78, 5) is 10.0. The highest BCUT2D eigenvalue weighted by molar-refractivity contribution is 8.03. The number of hydrogen-bond donors (Lipinski definition) is 2. The van der Waals surface area contributed by atoms with Gasteiger partial charge in [-0.3, -0.25) is 5.32 Å². The van der Waals surface area contributed by atoms with E-state index in [1.165, 1.54) is 11.8 Å². The van der Waals surface area contributed by atoms with Crippen LogP contribution in [-0.4, -0.2) is 27.7 Å². The fraction of sp³-hybridized carbons (Fsp3) is 0.833. The zero-order valence-corrected chi connectivity index (χ0v) is 6.44. The Morgan fingerprint density at radius 2 is 2.60 bits per heavy atom. The van der Waals surface area contributed by atoms with Crippen LogP contribution in [0.1, 0.15) is 6.92 Å². The maximum atomic E-state index is 10.6. The summed E-state index contributed by atoms with van der Waals surface area (Å²) in [6.07, 6.45) is 0. The van der Waals surface area contributed by atoms with Crippen molar-refractivity contribution in [1.29, 1.82) is 0 Å². The Labute approximate surface area is 63.2 Å². The standard InChI is InChI=1S/C6H9NO2S/c1-3-4-2-7-6(4,10-3)5(8)9/h3-4,7H,2H2,1H3,(H,8,9)/t3-,4?,6?/m1/s1. The van der Waals surface area contributed by atoms with Gasteiger partial charge in [0.25, 0.3) is 0 Å². The number of fused-ring (bicyclic) bond motifs is 1. The van der Waals surface area contributed by atoms with Gasteiger partial charge in [-0.1, -0.05) is 6.92 Å². The Bertz CT molecular complexity index is 196. The van der Waals surface area contributed by atoms with Crippen molar-refractivity contribution in [1.82, 2.24) is 5.32 Å². The average molecular weight is 159 g/mol. The highest BCUT2D eigenvalue weighted by atomic mass is 32.2. The first-order valence-corrected chi connectivity index (χ1v) is 4.21. The van der Waals surface area contributed by atoms with Crippen molar-refractivity contribution in [2.45, 2.75) is 17.0 Å². The molecule has 0 aromatic heterocycles. The molecule has 0 amide bonds. The van der Waals surface area contributed by atoms with E-state index in [1.54, 1.807) is 0 Å². The van der Waals surface area contributed by atoms with Crippen LogP contribution < -0.4 is 5.32 Å². The number of aliphatic carboxylic acids is 1. The molecule has 2 aliphatic heterocycles. The summed E-state index contributed by atoms with van der Waals surface area (Å²) in [5, 5.41) is 12.2. The number of rotatable bonds is 1. The molecule has 3 nitrogen and oxygen atoms in total. The maximum absolute atomic E-state index is 10.6. The van der Waals surface area contributed by atoms with Gasteiger partial charge in [0.05, 0.1) is 0 Å². The Hall–Kier alpha value is -0.220. The van der Waals surface area contributed by atoms with E-state index in [0.717, 1.165) is 6.54 Å². The third-order valence-electron chi connectivity index (χ3n) is 2.36. The third-order valence-corrected chi connectivity index (χ3v) is 4.06. The molecule has 2 N–H and O–H groups in total. The Morgan fingerprint density at radius 3 is 2.70 bits per heavy atom. The van der Waals surface area contributed by atoms with E-state index in [2.05, 4.69) is 12.2 Å². The summed E-state index contributed by atoms with van der Waals surface area (Å²) < 4.78 is 0. The molecular formula is C6H9NO2S. The molecule has 4 heteroatoms. The lowest BCUT2D eigenvalue weighted by molar-refractivity contribution is -0.147. The number of carboxylic acid groups (broad SMARTS) is 1. The number of nitrogens with one attached hydrogen (secondary N) is 1. The molecule has 3 atom stereocenters. The van der Waals surface area contributed by atoms with Gasteiger partial charge in [-0.15, -0.1) is 11.8 Å². The average Bonchev–Trinajstić information content (AvgIpc) is 1.80. The van der Waals surface area contributed by atoms with Crippen molar-refractivity contribution >= 4 is 17.7 Å². The van der Waals surface area contributed by atoms with Crippen LogP contribution in [0, 0.1) is 5.92 Å². The minimum atomic E-state index is -0.702. The summed E-state index contributed by atoms with van der Waals surface area (Å²) in [7, 11) is 0.